The van der Waals surface area contributed by atoms with Crippen LogP contribution in [0.25, 0.3) is 0 Å². The molecule has 2 saturated carbocycles. The third-order valence-electron chi connectivity index (χ3n) is 7.10. The molecule has 2 N–H and O–H groups in total. The molecule has 1 aliphatic heterocycles. The predicted octanol–water partition coefficient (Wildman–Crippen LogP) is 3.41. The first-order valence-electron chi connectivity index (χ1n) is 11.4. The monoisotopic (exact) mass is 436 g/mol. The van der Waals surface area contributed by atoms with Gasteiger partial charge in [0.1, 0.15) is 15.7 Å². The van der Waals surface area contributed by atoms with E-state index >= 15 is 0 Å². The highest BCUT2D eigenvalue weighted by Gasteiger charge is 2.34. The van der Waals surface area contributed by atoms with Crippen molar-refractivity contribution in [2.45, 2.75) is 71.4 Å². The molecule has 0 atom stereocenters. The number of ether oxygens (including phenoxy) is 1. The Hall–Kier alpha value is -1.41. The molecule has 0 radical (unpaired) electrons. The van der Waals surface area contributed by atoms with Crippen LogP contribution in [0.5, 0.6) is 0 Å². The molecule has 7 nitrogen and oxygen atoms in total. The molecule has 2 fully saturated rings. The van der Waals surface area contributed by atoms with E-state index in [0.717, 1.165) is 48.8 Å². The largest absolute Gasteiger partial charge is 0.376 e. The third kappa shape index (κ3) is 5.25. The van der Waals surface area contributed by atoms with Crippen LogP contribution in [0, 0.1) is 17.3 Å². The van der Waals surface area contributed by atoms with Crippen LogP contribution in [0.3, 0.4) is 0 Å². The fraction of sp³-hybridized carbons (Fsp3) is 0.818. The Labute approximate surface area is 180 Å². The lowest BCUT2D eigenvalue weighted by atomic mass is 9.77. The van der Waals surface area contributed by atoms with Gasteiger partial charge in [0.2, 0.25) is 5.95 Å². The molecule has 30 heavy (non-hydrogen) atoms. The summed E-state index contributed by atoms with van der Waals surface area (Å²) < 4.78 is 28.7. The van der Waals surface area contributed by atoms with Crippen LogP contribution in [-0.2, 0) is 27.6 Å². The maximum atomic E-state index is 11.5. The van der Waals surface area contributed by atoms with E-state index < -0.39 is 9.84 Å². The van der Waals surface area contributed by atoms with Crippen molar-refractivity contribution in [3.8, 4) is 0 Å². The molecule has 0 amide bonds. The fourth-order valence-electron chi connectivity index (χ4n) is 5.21. The van der Waals surface area contributed by atoms with Crippen LogP contribution in [0.1, 0.15) is 63.6 Å². The lowest BCUT2D eigenvalue weighted by Crippen LogP contribution is -2.39. The summed E-state index contributed by atoms with van der Waals surface area (Å²) in [6, 6.07) is 0.248. The summed E-state index contributed by atoms with van der Waals surface area (Å²) in [4.78, 5) is 9.56. The second-order valence-electron chi connectivity index (χ2n) is 10.2. The zero-order chi connectivity index (χ0) is 21.4. The van der Waals surface area contributed by atoms with E-state index in [-0.39, 0.29) is 23.1 Å². The summed E-state index contributed by atoms with van der Waals surface area (Å²) in [5, 5.41) is 7.07. The minimum absolute atomic E-state index is 0.226. The van der Waals surface area contributed by atoms with Gasteiger partial charge in [-0.3, -0.25) is 0 Å². The standard InChI is InChI=1S/C22H36N4O3S/c1-22(2,16-6-4-5-7-16)14-23-20-18-12-29-9-8-19(18)25-21(26-20)24-17-10-15(11-17)13-30(3,27)28/h15-17H,4-14H2,1-3H3,(H2,23,24,25,26). The van der Waals surface area contributed by atoms with Crippen molar-refractivity contribution in [2.24, 2.45) is 17.3 Å². The summed E-state index contributed by atoms with van der Waals surface area (Å²) in [6.45, 7) is 6.85. The number of nitrogens with zero attached hydrogens (tertiary/aromatic N) is 2. The van der Waals surface area contributed by atoms with E-state index in [1.807, 2.05) is 0 Å². The summed E-state index contributed by atoms with van der Waals surface area (Å²) in [5.74, 6) is 2.82. The Morgan fingerprint density at radius 2 is 1.90 bits per heavy atom. The first-order valence-corrected chi connectivity index (χ1v) is 13.4. The van der Waals surface area contributed by atoms with Crippen LogP contribution >= 0.6 is 0 Å². The van der Waals surface area contributed by atoms with E-state index in [1.54, 1.807) is 0 Å². The maximum Gasteiger partial charge on any atom is 0.225 e. The SMILES string of the molecule is CC(C)(CNc1nc(NC2CC(CS(C)(=O)=O)C2)nc2c1COCC2)C1CCCC1. The number of hydrogen-bond donors (Lipinski definition) is 2. The molecular formula is C22H36N4O3S. The average Bonchev–Trinajstić information content (AvgIpc) is 3.19. The number of nitrogens with one attached hydrogen (secondary N) is 2. The zero-order valence-electron chi connectivity index (χ0n) is 18.5. The number of fused-ring (bicyclic) bond motifs is 1. The first kappa shape index (κ1) is 21.8. The van der Waals surface area contributed by atoms with Crippen molar-refractivity contribution in [3.63, 3.8) is 0 Å². The third-order valence-corrected chi connectivity index (χ3v) is 8.18. The molecule has 0 unspecified atom stereocenters. The van der Waals surface area contributed by atoms with Gasteiger partial charge >= 0.3 is 0 Å². The van der Waals surface area contributed by atoms with Crippen LogP contribution in [-0.4, -0.2) is 49.6 Å². The second kappa shape index (κ2) is 8.61. The molecule has 1 aromatic heterocycles. The molecule has 0 bridgehead atoms. The minimum atomic E-state index is -2.91. The van der Waals surface area contributed by atoms with E-state index in [0.29, 0.717) is 19.2 Å². The van der Waals surface area contributed by atoms with Crippen LogP contribution in [0.4, 0.5) is 11.8 Å². The number of anilines is 2. The lowest BCUT2D eigenvalue weighted by Gasteiger charge is -2.36. The van der Waals surface area contributed by atoms with Crippen molar-refractivity contribution in [2.75, 3.05) is 35.8 Å². The molecule has 4 rings (SSSR count). The van der Waals surface area contributed by atoms with Gasteiger partial charge in [0.25, 0.3) is 0 Å². The minimum Gasteiger partial charge on any atom is -0.376 e. The molecule has 168 valence electrons. The van der Waals surface area contributed by atoms with Crippen molar-refractivity contribution in [1.29, 1.82) is 0 Å². The van der Waals surface area contributed by atoms with Gasteiger partial charge < -0.3 is 15.4 Å². The lowest BCUT2D eigenvalue weighted by molar-refractivity contribution is 0.109. The maximum absolute atomic E-state index is 11.5. The van der Waals surface area contributed by atoms with E-state index in [2.05, 4.69) is 24.5 Å². The second-order valence-corrected chi connectivity index (χ2v) is 12.4. The summed E-state index contributed by atoms with van der Waals surface area (Å²) in [6.07, 6.45) is 9.16. The van der Waals surface area contributed by atoms with Crippen molar-refractivity contribution >= 4 is 21.6 Å². The number of hydrogen-bond acceptors (Lipinski definition) is 7. The molecule has 0 spiro atoms. The fourth-order valence-corrected chi connectivity index (χ4v) is 6.33. The average molecular weight is 437 g/mol. The quantitative estimate of drug-likeness (QED) is 0.645. The Morgan fingerprint density at radius 3 is 2.60 bits per heavy atom. The number of sulfone groups is 1. The summed E-state index contributed by atoms with van der Waals surface area (Å²) in [7, 11) is -2.91. The molecular weight excluding hydrogens is 400 g/mol. The number of aromatic nitrogens is 2. The topological polar surface area (TPSA) is 93.2 Å². The van der Waals surface area contributed by atoms with Crippen LogP contribution in [0.15, 0.2) is 0 Å². The van der Waals surface area contributed by atoms with E-state index in [1.165, 1.54) is 31.9 Å². The van der Waals surface area contributed by atoms with E-state index in [9.17, 15) is 8.42 Å². The Morgan fingerprint density at radius 1 is 1.17 bits per heavy atom. The van der Waals surface area contributed by atoms with Gasteiger partial charge in [-0.05, 0) is 42.9 Å². The van der Waals surface area contributed by atoms with Crippen LogP contribution < -0.4 is 10.6 Å². The highest BCUT2D eigenvalue weighted by molar-refractivity contribution is 7.90. The van der Waals surface area contributed by atoms with Crippen LogP contribution in [0.2, 0.25) is 0 Å². The van der Waals surface area contributed by atoms with Gasteiger partial charge in [0.05, 0.1) is 24.7 Å². The number of rotatable bonds is 8. The van der Waals surface area contributed by atoms with Gasteiger partial charge in [-0.15, -0.1) is 0 Å². The van der Waals surface area contributed by atoms with Gasteiger partial charge in [-0.1, -0.05) is 26.7 Å². The van der Waals surface area contributed by atoms with Gasteiger partial charge in [-0.2, -0.15) is 4.98 Å². The highest BCUT2D eigenvalue weighted by atomic mass is 32.2. The molecule has 1 aromatic rings. The molecule has 3 aliphatic rings. The van der Waals surface area contributed by atoms with Crippen molar-refractivity contribution in [3.05, 3.63) is 11.3 Å². The summed E-state index contributed by atoms with van der Waals surface area (Å²) >= 11 is 0. The zero-order valence-corrected chi connectivity index (χ0v) is 19.4. The van der Waals surface area contributed by atoms with E-state index in [4.69, 9.17) is 14.7 Å². The highest BCUT2D eigenvalue weighted by Crippen LogP contribution is 2.40. The smallest absolute Gasteiger partial charge is 0.225 e. The normalized spacial score (nSPS) is 24.9. The Bertz CT molecular complexity index is 859. The van der Waals surface area contributed by atoms with Crippen molar-refractivity contribution in [1.82, 2.24) is 9.97 Å². The molecule has 2 aliphatic carbocycles. The molecule has 0 aromatic carbocycles. The molecule has 2 heterocycles. The van der Waals surface area contributed by atoms with Gasteiger partial charge in [0, 0.05) is 30.8 Å². The molecule has 8 heteroatoms. The Balaban J connectivity index is 1.43. The summed E-state index contributed by atoms with van der Waals surface area (Å²) in [5.41, 5.74) is 2.37. The van der Waals surface area contributed by atoms with Crippen molar-refractivity contribution < 1.29 is 13.2 Å². The first-order chi connectivity index (χ1) is 14.2. The van der Waals surface area contributed by atoms with Gasteiger partial charge in [-0.25, -0.2) is 13.4 Å². The predicted molar refractivity (Wildman–Crippen MR) is 119 cm³/mol. The van der Waals surface area contributed by atoms with Gasteiger partial charge in [0.15, 0.2) is 0 Å². The molecule has 0 saturated heterocycles. The Kier molecular flexibility index (Phi) is 6.26.